The van der Waals surface area contributed by atoms with Gasteiger partial charge < -0.3 is 15.7 Å². The van der Waals surface area contributed by atoms with E-state index in [2.05, 4.69) is 20.6 Å². The summed E-state index contributed by atoms with van der Waals surface area (Å²) in [7, 11) is 1.57. The summed E-state index contributed by atoms with van der Waals surface area (Å²) in [6.07, 6.45) is 1.85. The first-order chi connectivity index (χ1) is 12.6. The second-order valence-electron chi connectivity index (χ2n) is 5.54. The quantitative estimate of drug-likeness (QED) is 0.455. The molecule has 2 heterocycles. The fourth-order valence-corrected chi connectivity index (χ4v) is 3.55. The van der Waals surface area contributed by atoms with Crippen LogP contribution in [0.2, 0.25) is 0 Å². The Morgan fingerprint density at radius 3 is 2.88 bits per heavy atom. The predicted molar refractivity (Wildman–Crippen MR) is 98.5 cm³/mol. The summed E-state index contributed by atoms with van der Waals surface area (Å²) in [5.41, 5.74) is 0. The van der Waals surface area contributed by atoms with E-state index in [1.165, 1.54) is 23.7 Å². The maximum absolute atomic E-state index is 12.8. The number of nitrogens with zero attached hydrogens (tertiary/aromatic N) is 3. The maximum Gasteiger partial charge on any atom is 0.319 e. The van der Waals surface area contributed by atoms with E-state index >= 15 is 0 Å². The molecule has 3 rings (SSSR count). The number of thiophene rings is 1. The van der Waals surface area contributed by atoms with Crippen LogP contribution in [0, 0.1) is 0 Å². The number of imidazole rings is 1. The van der Waals surface area contributed by atoms with Crippen LogP contribution in [-0.2, 0) is 6.54 Å². The molecule has 26 heavy (non-hydrogen) atoms. The van der Waals surface area contributed by atoms with Crippen molar-refractivity contribution >= 4 is 27.4 Å². The minimum atomic E-state index is -2.64. The number of fused-ring (bicyclic) bond motifs is 1. The molecule has 0 amide bonds. The first-order valence-electron chi connectivity index (χ1n) is 7.99. The molecule has 138 valence electrons. The summed E-state index contributed by atoms with van der Waals surface area (Å²) in [4.78, 5) is 8.78. The average molecular weight is 379 g/mol. The lowest BCUT2D eigenvalue weighted by Gasteiger charge is -2.15. The molecule has 0 aliphatic rings. The number of halogens is 2. The molecular weight excluding hydrogens is 360 g/mol. The number of guanidine groups is 1. The van der Waals surface area contributed by atoms with E-state index in [9.17, 15) is 13.9 Å². The Bertz CT molecular complexity index is 859. The molecule has 0 fully saturated rings. The number of hydrogen-bond acceptors (Lipinski definition) is 4. The molecule has 0 radical (unpaired) electrons. The van der Waals surface area contributed by atoms with Gasteiger partial charge in [0.15, 0.2) is 5.96 Å². The zero-order valence-electron chi connectivity index (χ0n) is 14.1. The largest absolute Gasteiger partial charge is 0.386 e. The zero-order valence-corrected chi connectivity index (χ0v) is 14.9. The molecule has 1 unspecified atom stereocenters. The van der Waals surface area contributed by atoms with Crippen molar-refractivity contribution in [3.05, 3.63) is 53.4 Å². The summed E-state index contributed by atoms with van der Waals surface area (Å²) in [5.74, 6) is 0.599. The molecule has 0 aliphatic carbocycles. The van der Waals surface area contributed by atoms with Crippen molar-refractivity contribution in [2.45, 2.75) is 19.2 Å². The van der Waals surface area contributed by atoms with Crippen molar-refractivity contribution < 1.29 is 13.9 Å². The lowest BCUT2D eigenvalue weighted by atomic mass is 10.2. The van der Waals surface area contributed by atoms with Crippen LogP contribution >= 0.6 is 11.3 Å². The van der Waals surface area contributed by atoms with Crippen LogP contribution in [0.5, 0.6) is 0 Å². The van der Waals surface area contributed by atoms with Crippen molar-refractivity contribution in [1.82, 2.24) is 20.2 Å². The summed E-state index contributed by atoms with van der Waals surface area (Å²) in [6, 6.07) is 9.89. The summed E-state index contributed by atoms with van der Waals surface area (Å²) in [5, 5.41) is 17.4. The number of aliphatic imine (C=N–C) groups is 1. The number of benzene rings is 1. The molecule has 0 aliphatic heterocycles. The highest BCUT2D eigenvalue weighted by Crippen LogP contribution is 2.29. The Morgan fingerprint density at radius 2 is 2.15 bits per heavy atom. The highest BCUT2D eigenvalue weighted by molar-refractivity contribution is 7.19. The van der Waals surface area contributed by atoms with E-state index in [-0.39, 0.29) is 18.9 Å². The number of rotatable bonds is 6. The van der Waals surface area contributed by atoms with Crippen LogP contribution in [-0.4, -0.2) is 34.2 Å². The third-order valence-electron chi connectivity index (χ3n) is 3.83. The zero-order chi connectivity index (χ0) is 18.5. The van der Waals surface area contributed by atoms with E-state index in [1.807, 2.05) is 30.3 Å². The van der Waals surface area contributed by atoms with Gasteiger partial charge in [0, 0.05) is 35.6 Å². The predicted octanol–water partition coefficient (Wildman–Crippen LogP) is 2.89. The first kappa shape index (κ1) is 18.3. The number of nitrogens with one attached hydrogen (secondary N) is 2. The Hall–Kier alpha value is -2.52. The molecule has 9 heteroatoms. The summed E-state index contributed by atoms with van der Waals surface area (Å²) >= 11 is 1.53. The van der Waals surface area contributed by atoms with Crippen molar-refractivity contribution in [3.63, 3.8) is 0 Å². The van der Waals surface area contributed by atoms with Crippen LogP contribution in [0.3, 0.4) is 0 Å². The van der Waals surface area contributed by atoms with E-state index in [0.29, 0.717) is 5.96 Å². The van der Waals surface area contributed by atoms with Gasteiger partial charge in [0.1, 0.15) is 11.9 Å². The van der Waals surface area contributed by atoms with Crippen molar-refractivity contribution in [1.29, 1.82) is 0 Å². The van der Waals surface area contributed by atoms with Crippen molar-refractivity contribution in [2.24, 2.45) is 4.99 Å². The number of aromatic nitrogens is 2. The van der Waals surface area contributed by atoms with Gasteiger partial charge in [0.05, 0.1) is 6.54 Å². The molecule has 3 N–H and O–H groups in total. The third-order valence-corrected chi connectivity index (χ3v) is 5.05. The topological polar surface area (TPSA) is 74.5 Å². The normalized spacial score (nSPS) is 13.3. The van der Waals surface area contributed by atoms with E-state index < -0.39 is 12.7 Å². The molecule has 1 aromatic carbocycles. The van der Waals surface area contributed by atoms with Crippen LogP contribution < -0.4 is 10.6 Å². The van der Waals surface area contributed by atoms with Gasteiger partial charge >= 0.3 is 6.55 Å². The molecular formula is C17H19F2N5OS. The van der Waals surface area contributed by atoms with Crippen LogP contribution in [0.1, 0.15) is 23.4 Å². The van der Waals surface area contributed by atoms with Crippen LogP contribution in [0.15, 0.2) is 47.7 Å². The molecule has 1 atom stereocenters. The smallest absolute Gasteiger partial charge is 0.319 e. The van der Waals surface area contributed by atoms with Gasteiger partial charge in [-0.3, -0.25) is 9.56 Å². The van der Waals surface area contributed by atoms with Gasteiger partial charge in [-0.1, -0.05) is 18.2 Å². The monoisotopic (exact) mass is 379 g/mol. The summed E-state index contributed by atoms with van der Waals surface area (Å²) in [6.45, 7) is -2.30. The van der Waals surface area contributed by atoms with E-state index in [4.69, 9.17) is 0 Å². The van der Waals surface area contributed by atoms with E-state index in [0.717, 1.165) is 19.5 Å². The number of aliphatic hydroxyl groups is 1. The molecule has 0 saturated carbocycles. The van der Waals surface area contributed by atoms with E-state index in [1.54, 1.807) is 7.05 Å². The Morgan fingerprint density at radius 1 is 1.35 bits per heavy atom. The third kappa shape index (κ3) is 4.17. The standard InChI is InChI=1S/C17H19F2N5OS/c1-20-17(23-10-15-21-6-7-24(15)16(18)19)22-9-12(25)14-8-11-4-2-3-5-13(11)26-14/h2-8,12,16,25H,9-10H2,1H3,(H2,20,22,23). The lowest BCUT2D eigenvalue weighted by Crippen LogP contribution is -2.39. The summed E-state index contributed by atoms with van der Waals surface area (Å²) < 4.78 is 27.5. The first-order valence-corrected chi connectivity index (χ1v) is 8.81. The van der Waals surface area contributed by atoms with Gasteiger partial charge in [-0.25, -0.2) is 4.98 Å². The lowest BCUT2D eigenvalue weighted by molar-refractivity contribution is 0.0668. The molecule has 2 aromatic heterocycles. The highest BCUT2D eigenvalue weighted by Gasteiger charge is 2.14. The van der Waals surface area contributed by atoms with Gasteiger partial charge in [-0.2, -0.15) is 8.78 Å². The fourth-order valence-electron chi connectivity index (χ4n) is 2.50. The van der Waals surface area contributed by atoms with Gasteiger partial charge in [-0.15, -0.1) is 11.3 Å². The maximum atomic E-state index is 12.8. The minimum absolute atomic E-state index is 0.0933. The molecule has 3 aromatic rings. The molecule has 0 spiro atoms. The van der Waals surface area contributed by atoms with Crippen molar-refractivity contribution in [3.8, 4) is 0 Å². The Labute approximate surface area is 153 Å². The Balaban J connectivity index is 1.55. The Kier molecular flexibility index (Phi) is 5.79. The molecule has 0 bridgehead atoms. The number of hydrogen-bond donors (Lipinski definition) is 3. The van der Waals surface area contributed by atoms with Crippen LogP contribution in [0.25, 0.3) is 10.1 Å². The SMILES string of the molecule is CN=C(NCc1nccn1C(F)F)NCC(O)c1cc2ccccc2s1. The average Bonchev–Trinajstić information content (AvgIpc) is 3.28. The van der Waals surface area contributed by atoms with Crippen LogP contribution in [0.4, 0.5) is 8.78 Å². The second-order valence-corrected chi connectivity index (χ2v) is 6.65. The second kappa shape index (κ2) is 8.24. The fraction of sp³-hybridized carbons (Fsp3) is 0.294. The van der Waals surface area contributed by atoms with Gasteiger partial charge in [-0.05, 0) is 17.5 Å². The van der Waals surface area contributed by atoms with Gasteiger partial charge in [0.25, 0.3) is 0 Å². The molecule has 0 saturated heterocycles. The number of alkyl halides is 2. The van der Waals surface area contributed by atoms with Gasteiger partial charge in [0.2, 0.25) is 0 Å². The number of aliphatic hydroxyl groups excluding tert-OH is 1. The molecule has 6 nitrogen and oxygen atoms in total. The highest BCUT2D eigenvalue weighted by atomic mass is 32.1. The minimum Gasteiger partial charge on any atom is -0.386 e. The van der Waals surface area contributed by atoms with Crippen molar-refractivity contribution in [2.75, 3.05) is 13.6 Å².